The van der Waals surface area contributed by atoms with E-state index in [-0.39, 0.29) is 0 Å². The molecule has 0 bridgehead atoms. The van der Waals surface area contributed by atoms with E-state index < -0.39 is 0 Å². The lowest BCUT2D eigenvalue weighted by atomic mass is 10.3. The molecule has 0 aliphatic carbocycles. The summed E-state index contributed by atoms with van der Waals surface area (Å²) >= 11 is 0. The van der Waals surface area contributed by atoms with Gasteiger partial charge in [-0.25, -0.2) is 4.52 Å². The Morgan fingerprint density at radius 1 is 1.40 bits per heavy atom. The molecule has 0 aliphatic heterocycles. The fourth-order valence-corrected chi connectivity index (χ4v) is 1.03. The molecule has 0 aliphatic rings. The summed E-state index contributed by atoms with van der Waals surface area (Å²) < 4.78 is 1.85. The Balaban J connectivity index is 2.86. The number of fused-ring (bicyclic) bond motifs is 1. The Morgan fingerprint density at radius 3 is 3.20 bits per heavy atom. The number of aromatic nitrogens is 2. The number of hydrogen-bond donors (Lipinski definition) is 0. The summed E-state index contributed by atoms with van der Waals surface area (Å²) in [5.74, 6) is 0. The molecule has 2 rings (SSSR count). The van der Waals surface area contributed by atoms with Gasteiger partial charge >= 0.3 is 0 Å². The van der Waals surface area contributed by atoms with Crippen LogP contribution in [0.2, 0.25) is 0 Å². The van der Waals surface area contributed by atoms with Crippen LogP contribution in [-0.2, 0) is 0 Å². The highest BCUT2D eigenvalue weighted by atomic mass is 15.2. The van der Waals surface area contributed by atoms with Crippen molar-refractivity contribution in [2.45, 2.75) is 6.92 Å². The Bertz CT molecular complexity index is 349. The molecule has 2 heteroatoms. The minimum Gasteiger partial charge on any atom is -0.241 e. The summed E-state index contributed by atoms with van der Waals surface area (Å²) in [4.78, 5) is 0. The van der Waals surface area contributed by atoms with Gasteiger partial charge in [-0.3, -0.25) is 0 Å². The average Bonchev–Trinajstić information content (AvgIpc) is 2.33. The predicted molar refractivity (Wildman–Crippen MR) is 39.9 cm³/mol. The predicted octanol–water partition coefficient (Wildman–Crippen LogP) is 1.64. The molecule has 0 spiro atoms. The summed E-state index contributed by atoms with van der Waals surface area (Å²) in [6.07, 6.45) is 3.76. The van der Waals surface area contributed by atoms with Crippen LogP contribution in [-0.4, -0.2) is 9.61 Å². The summed E-state index contributed by atoms with van der Waals surface area (Å²) in [7, 11) is 0. The highest BCUT2D eigenvalue weighted by Crippen LogP contribution is 2.03. The van der Waals surface area contributed by atoms with Crippen LogP contribution in [0.25, 0.3) is 5.52 Å². The number of nitrogens with zero attached hydrogens (tertiary/aromatic N) is 2. The van der Waals surface area contributed by atoms with Gasteiger partial charge in [-0.1, -0.05) is 0 Å². The van der Waals surface area contributed by atoms with E-state index in [2.05, 4.69) is 18.1 Å². The number of rotatable bonds is 0. The standard InChI is InChI=1S/C8H8N2/c1-7-3-5-10-8(6-7)2-4-9-10/h2-6H,1H3. The first-order chi connectivity index (χ1) is 4.86. The molecule has 0 atom stereocenters. The van der Waals surface area contributed by atoms with E-state index in [1.165, 1.54) is 5.56 Å². The highest BCUT2D eigenvalue weighted by Gasteiger charge is 1.90. The van der Waals surface area contributed by atoms with E-state index in [0.29, 0.717) is 0 Å². The fraction of sp³-hybridized carbons (Fsp3) is 0.125. The second-order valence-electron chi connectivity index (χ2n) is 2.40. The van der Waals surface area contributed by atoms with Crippen molar-refractivity contribution in [1.29, 1.82) is 0 Å². The first kappa shape index (κ1) is 5.47. The van der Waals surface area contributed by atoms with Gasteiger partial charge in [0.2, 0.25) is 0 Å². The van der Waals surface area contributed by atoms with E-state index >= 15 is 0 Å². The maximum Gasteiger partial charge on any atom is 0.0664 e. The highest BCUT2D eigenvalue weighted by molar-refractivity contribution is 5.46. The molecule has 2 aromatic rings. The van der Waals surface area contributed by atoms with E-state index in [1.54, 1.807) is 6.20 Å². The zero-order valence-corrected chi connectivity index (χ0v) is 5.78. The normalized spacial score (nSPS) is 10.5. The van der Waals surface area contributed by atoms with Crippen LogP contribution >= 0.6 is 0 Å². The van der Waals surface area contributed by atoms with Crippen LogP contribution in [0.4, 0.5) is 0 Å². The minimum atomic E-state index is 1.15. The molecule has 10 heavy (non-hydrogen) atoms. The van der Waals surface area contributed by atoms with Crippen molar-refractivity contribution in [3.63, 3.8) is 0 Å². The first-order valence-corrected chi connectivity index (χ1v) is 3.26. The van der Waals surface area contributed by atoms with Crippen LogP contribution in [0.3, 0.4) is 0 Å². The third-order valence-corrected chi connectivity index (χ3v) is 1.56. The van der Waals surface area contributed by atoms with E-state index in [4.69, 9.17) is 0 Å². The third-order valence-electron chi connectivity index (χ3n) is 1.56. The Morgan fingerprint density at radius 2 is 2.30 bits per heavy atom. The van der Waals surface area contributed by atoms with Gasteiger partial charge in [0.1, 0.15) is 0 Å². The zero-order valence-electron chi connectivity index (χ0n) is 5.78. The molecule has 0 radical (unpaired) electrons. The van der Waals surface area contributed by atoms with E-state index in [1.807, 2.05) is 22.8 Å². The lowest BCUT2D eigenvalue weighted by Gasteiger charge is -1.92. The van der Waals surface area contributed by atoms with Gasteiger partial charge in [-0.05, 0) is 30.7 Å². The molecule has 0 saturated carbocycles. The lowest BCUT2D eigenvalue weighted by Crippen LogP contribution is -1.84. The third kappa shape index (κ3) is 0.692. The molecular formula is C8H8N2. The monoisotopic (exact) mass is 132 g/mol. The maximum atomic E-state index is 4.08. The Kier molecular flexibility index (Phi) is 1.01. The molecule has 2 nitrogen and oxygen atoms in total. The Hall–Kier alpha value is -1.31. The summed E-state index contributed by atoms with van der Waals surface area (Å²) in [5.41, 5.74) is 2.42. The molecule has 50 valence electrons. The number of hydrogen-bond acceptors (Lipinski definition) is 1. The lowest BCUT2D eigenvalue weighted by molar-refractivity contribution is 0.958. The van der Waals surface area contributed by atoms with Crippen molar-refractivity contribution < 1.29 is 0 Å². The summed E-state index contributed by atoms with van der Waals surface area (Å²) in [6, 6.07) is 6.14. The maximum absolute atomic E-state index is 4.08. The SMILES string of the molecule is Cc1ccn2nccc2c1. The van der Waals surface area contributed by atoms with Gasteiger partial charge in [0.05, 0.1) is 5.52 Å². The molecular weight excluding hydrogens is 124 g/mol. The number of aryl methyl sites for hydroxylation is 1. The van der Waals surface area contributed by atoms with Crippen LogP contribution < -0.4 is 0 Å². The molecule has 0 aromatic carbocycles. The van der Waals surface area contributed by atoms with Crippen molar-refractivity contribution in [3.05, 3.63) is 36.2 Å². The van der Waals surface area contributed by atoms with Crippen LogP contribution in [0.5, 0.6) is 0 Å². The number of pyridine rings is 1. The molecule has 2 aromatic heterocycles. The van der Waals surface area contributed by atoms with Gasteiger partial charge in [0.15, 0.2) is 0 Å². The summed E-state index contributed by atoms with van der Waals surface area (Å²) in [5, 5.41) is 4.08. The van der Waals surface area contributed by atoms with E-state index in [0.717, 1.165) is 5.52 Å². The van der Waals surface area contributed by atoms with Crippen molar-refractivity contribution in [2.75, 3.05) is 0 Å². The molecule has 0 fully saturated rings. The minimum absolute atomic E-state index is 1.15. The van der Waals surface area contributed by atoms with Crippen molar-refractivity contribution in [1.82, 2.24) is 9.61 Å². The second kappa shape index (κ2) is 1.84. The van der Waals surface area contributed by atoms with Crippen LogP contribution in [0.15, 0.2) is 30.6 Å². The molecule has 2 heterocycles. The smallest absolute Gasteiger partial charge is 0.0664 e. The van der Waals surface area contributed by atoms with Crippen molar-refractivity contribution in [3.8, 4) is 0 Å². The molecule has 0 saturated heterocycles. The van der Waals surface area contributed by atoms with Gasteiger partial charge < -0.3 is 0 Å². The first-order valence-electron chi connectivity index (χ1n) is 3.26. The fourth-order valence-electron chi connectivity index (χ4n) is 1.03. The molecule has 0 N–H and O–H groups in total. The Labute approximate surface area is 59.1 Å². The van der Waals surface area contributed by atoms with Gasteiger partial charge in [0, 0.05) is 12.4 Å². The molecule has 0 amide bonds. The quantitative estimate of drug-likeness (QED) is 0.532. The molecule has 0 unspecified atom stereocenters. The van der Waals surface area contributed by atoms with E-state index in [9.17, 15) is 0 Å². The largest absolute Gasteiger partial charge is 0.241 e. The van der Waals surface area contributed by atoms with Gasteiger partial charge in [-0.15, -0.1) is 0 Å². The second-order valence-corrected chi connectivity index (χ2v) is 2.40. The summed E-state index contributed by atoms with van der Waals surface area (Å²) in [6.45, 7) is 2.08. The van der Waals surface area contributed by atoms with Crippen molar-refractivity contribution >= 4 is 5.52 Å². The zero-order chi connectivity index (χ0) is 6.97. The van der Waals surface area contributed by atoms with Crippen LogP contribution in [0.1, 0.15) is 5.56 Å². The van der Waals surface area contributed by atoms with Crippen LogP contribution in [0, 0.1) is 6.92 Å². The van der Waals surface area contributed by atoms with Gasteiger partial charge in [0.25, 0.3) is 0 Å². The average molecular weight is 132 g/mol. The van der Waals surface area contributed by atoms with Crippen molar-refractivity contribution in [2.24, 2.45) is 0 Å². The van der Waals surface area contributed by atoms with Gasteiger partial charge in [-0.2, -0.15) is 5.10 Å². The topological polar surface area (TPSA) is 17.3 Å².